The van der Waals surface area contributed by atoms with Crippen LogP contribution >= 0.6 is 11.8 Å². The SMILES string of the molecule is CSc1cc(F)c(CO)cc1F. The minimum atomic E-state index is -0.566. The summed E-state index contributed by atoms with van der Waals surface area (Å²) in [6.07, 6.45) is 1.66. The molecule has 0 aliphatic carbocycles. The zero-order chi connectivity index (χ0) is 9.14. The van der Waals surface area contributed by atoms with Gasteiger partial charge in [0.2, 0.25) is 0 Å². The fraction of sp³-hybridized carbons (Fsp3) is 0.250. The van der Waals surface area contributed by atoms with Crippen molar-refractivity contribution in [3.05, 3.63) is 29.3 Å². The molecule has 1 N–H and O–H groups in total. The third-order valence-electron chi connectivity index (χ3n) is 1.49. The summed E-state index contributed by atoms with van der Waals surface area (Å²) in [5, 5.41) is 8.59. The Morgan fingerprint density at radius 1 is 1.33 bits per heavy atom. The number of aliphatic hydroxyl groups is 1. The van der Waals surface area contributed by atoms with Crippen LogP contribution in [0.1, 0.15) is 5.56 Å². The third kappa shape index (κ3) is 1.76. The zero-order valence-electron chi connectivity index (χ0n) is 6.47. The Morgan fingerprint density at radius 2 is 2.00 bits per heavy atom. The normalized spacial score (nSPS) is 10.3. The van der Waals surface area contributed by atoms with Gasteiger partial charge in [-0.25, -0.2) is 8.78 Å². The lowest BCUT2D eigenvalue weighted by molar-refractivity contribution is 0.274. The Hall–Kier alpha value is -0.610. The zero-order valence-corrected chi connectivity index (χ0v) is 7.29. The van der Waals surface area contributed by atoms with Gasteiger partial charge in [-0.1, -0.05) is 0 Å². The lowest BCUT2D eigenvalue weighted by atomic mass is 10.2. The molecule has 0 aromatic heterocycles. The Bertz CT molecular complexity index is 259. The standard InChI is InChI=1S/C8H8F2OS/c1-12-8-3-6(9)5(4-11)2-7(8)10/h2-3,11H,4H2,1H3. The van der Waals surface area contributed by atoms with Crippen LogP contribution in [0, 0.1) is 11.6 Å². The van der Waals surface area contributed by atoms with Crippen LogP contribution in [0.4, 0.5) is 8.78 Å². The van der Waals surface area contributed by atoms with E-state index in [0.29, 0.717) is 0 Å². The van der Waals surface area contributed by atoms with Crippen LogP contribution in [0.3, 0.4) is 0 Å². The van der Waals surface area contributed by atoms with Crippen LogP contribution in [0.5, 0.6) is 0 Å². The summed E-state index contributed by atoms with van der Waals surface area (Å²) in [5.74, 6) is -1.06. The Labute approximate surface area is 73.4 Å². The molecule has 66 valence electrons. The molecule has 0 fully saturated rings. The number of aliphatic hydroxyl groups excluding tert-OH is 1. The molecule has 1 aromatic rings. The van der Waals surface area contributed by atoms with Crippen molar-refractivity contribution in [2.24, 2.45) is 0 Å². The van der Waals surface area contributed by atoms with E-state index in [1.165, 1.54) is 0 Å². The second-order valence-electron chi connectivity index (χ2n) is 2.24. The van der Waals surface area contributed by atoms with Crippen molar-refractivity contribution in [3.63, 3.8) is 0 Å². The van der Waals surface area contributed by atoms with Crippen molar-refractivity contribution in [3.8, 4) is 0 Å². The fourth-order valence-corrected chi connectivity index (χ4v) is 1.32. The lowest BCUT2D eigenvalue weighted by Crippen LogP contribution is -1.93. The van der Waals surface area contributed by atoms with E-state index in [2.05, 4.69) is 0 Å². The van der Waals surface area contributed by atoms with Gasteiger partial charge in [-0.2, -0.15) is 0 Å². The maximum atomic E-state index is 12.9. The predicted octanol–water partition coefficient (Wildman–Crippen LogP) is 2.18. The highest BCUT2D eigenvalue weighted by atomic mass is 32.2. The van der Waals surface area contributed by atoms with Gasteiger partial charge in [-0.15, -0.1) is 11.8 Å². The average Bonchev–Trinajstić information content (AvgIpc) is 2.08. The molecule has 4 heteroatoms. The van der Waals surface area contributed by atoms with Gasteiger partial charge in [0, 0.05) is 10.5 Å². The van der Waals surface area contributed by atoms with Crippen LogP contribution in [0.15, 0.2) is 17.0 Å². The van der Waals surface area contributed by atoms with Gasteiger partial charge in [-0.3, -0.25) is 0 Å². The summed E-state index contributed by atoms with van der Waals surface area (Å²) in [7, 11) is 0. The molecule has 0 aliphatic rings. The average molecular weight is 190 g/mol. The number of hydrogen-bond acceptors (Lipinski definition) is 2. The van der Waals surface area contributed by atoms with Crippen LogP contribution in [-0.2, 0) is 6.61 Å². The molecular weight excluding hydrogens is 182 g/mol. The van der Waals surface area contributed by atoms with Crippen molar-refractivity contribution < 1.29 is 13.9 Å². The Kier molecular flexibility index (Phi) is 3.05. The topological polar surface area (TPSA) is 20.2 Å². The molecule has 0 bridgehead atoms. The van der Waals surface area contributed by atoms with Gasteiger partial charge in [0.05, 0.1) is 6.61 Å². The van der Waals surface area contributed by atoms with Crippen LogP contribution in [-0.4, -0.2) is 11.4 Å². The van der Waals surface area contributed by atoms with E-state index in [-0.39, 0.29) is 10.5 Å². The summed E-state index contributed by atoms with van der Waals surface area (Å²) in [4.78, 5) is 0.254. The van der Waals surface area contributed by atoms with Gasteiger partial charge in [0.1, 0.15) is 11.6 Å². The fourth-order valence-electron chi connectivity index (χ4n) is 0.847. The van der Waals surface area contributed by atoms with Crippen molar-refractivity contribution in [1.29, 1.82) is 0 Å². The molecule has 1 nitrogen and oxygen atoms in total. The van der Waals surface area contributed by atoms with Gasteiger partial charge < -0.3 is 5.11 Å². The van der Waals surface area contributed by atoms with Crippen molar-refractivity contribution in [2.75, 3.05) is 6.26 Å². The van der Waals surface area contributed by atoms with Gasteiger partial charge >= 0.3 is 0 Å². The van der Waals surface area contributed by atoms with E-state index in [9.17, 15) is 8.78 Å². The van der Waals surface area contributed by atoms with Crippen molar-refractivity contribution in [2.45, 2.75) is 11.5 Å². The molecule has 1 aromatic carbocycles. The van der Waals surface area contributed by atoms with Crippen LogP contribution in [0.2, 0.25) is 0 Å². The molecule has 12 heavy (non-hydrogen) atoms. The number of rotatable bonds is 2. The second-order valence-corrected chi connectivity index (χ2v) is 3.08. The van der Waals surface area contributed by atoms with Crippen LogP contribution in [0.25, 0.3) is 0 Å². The van der Waals surface area contributed by atoms with E-state index in [0.717, 1.165) is 23.9 Å². The number of thioether (sulfide) groups is 1. The summed E-state index contributed by atoms with van der Waals surface area (Å²) >= 11 is 1.13. The molecule has 0 spiro atoms. The summed E-state index contributed by atoms with van der Waals surface area (Å²) in [5.41, 5.74) is -0.00898. The molecule has 0 atom stereocenters. The Morgan fingerprint density at radius 3 is 2.50 bits per heavy atom. The highest BCUT2D eigenvalue weighted by Crippen LogP contribution is 2.22. The third-order valence-corrected chi connectivity index (χ3v) is 2.24. The van der Waals surface area contributed by atoms with E-state index < -0.39 is 18.2 Å². The van der Waals surface area contributed by atoms with E-state index in [4.69, 9.17) is 5.11 Å². The molecule has 0 aliphatic heterocycles. The highest BCUT2D eigenvalue weighted by Gasteiger charge is 2.07. The number of hydrogen-bond donors (Lipinski definition) is 1. The molecule has 0 saturated carbocycles. The van der Waals surface area contributed by atoms with E-state index in [1.54, 1.807) is 6.26 Å². The Balaban J connectivity index is 3.16. The monoisotopic (exact) mass is 190 g/mol. The largest absolute Gasteiger partial charge is 0.392 e. The van der Waals surface area contributed by atoms with E-state index in [1.807, 2.05) is 0 Å². The minimum Gasteiger partial charge on any atom is -0.392 e. The van der Waals surface area contributed by atoms with Gasteiger partial charge in [0.15, 0.2) is 0 Å². The molecule has 0 heterocycles. The molecule has 0 amide bonds. The van der Waals surface area contributed by atoms with Crippen molar-refractivity contribution >= 4 is 11.8 Å². The number of benzene rings is 1. The van der Waals surface area contributed by atoms with Gasteiger partial charge in [-0.05, 0) is 18.4 Å². The summed E-state index contributed by atoms with van der Waals surface area (Å²) in [6.45, 7) is -0.475. The minimum absolute atomic E-state index is 0.00898. The quantitative estimate of drug-likeness (QED) is 0.721. The molecule has 0 saturated heterocycles. The first kappa shape index (κ1) is 9.48. The molecule has 0 radical (unpaired) electrons. The first-order chi connectivity index (χ1) is 5.69. The smallest absolute Gasteiger partial charge is 0.137 e. The van der Waals surface area contributed by atoms with Crippen LogP contribution < -0.4 is 0 Å². The summed E-state index contributed by atoms with van der Waals surface area (Å²) in [6, 6.07) is 2.10. The molecule has 0 unspecified atom stereocenters. The maximum absolute atomic E-state index is 12.9. The first-order valence-corrected chi connectivity index (χ1v) is 4.54. The summed E-state index contributed by atoms with van der Waals surface area (Å²) < 4.78 is 25.8. The lowest BCUT2D eigenvalue weighted by Gasteiger charge is -2.02. The predicted molar refractivity (Wildman–Crippen MR) is 44.1 cm³/mol. The van der Waals surface area contributed by atoms with Gasteiger partial charge in [0.25, 0.3) is 0 Å². The molecular formula is C8H8F2OS. The second kappa shape index (κ2) is 3.87. The maximum Gasteiger partial charge on any atom is 0.137 e. The molecule has 1 rings (SSSR count). The highest BCUT2D eigenvalue weighted by molar-refractivity contribution is 7.98. The number of halogens is 2. The van der Waals surface area contributed by atoms with Crippen molar-refractivity contribution in [1.82, 2.24) is 0 Å². The van der Waals surface area contributed by atoms with E-state index >= 15 is 0 Å². The first-order valence-electron chi connectivity index (χ1n) is 3.31.